The molecule has 1 fully saturated rings. The lowest BCUT2D eigenvalue weighted by atomic mass is 10.0. The molecule has 1 amide bonds. The first kappa shape index (κ1) is 13.3. The van der Waals surface area contributed by atoms with Crippen LogP contribution in [-0.2, 0) is 0 Å². The van der Waals surface area contributed by atoms with Gasteiger partial charge in [-0.3, -0.25) is 9.89 Å². The number of aryl methyl sites for hydroxylation is 3. The van der Waals surface area contributed by atoms with E-state index in [4.69, 9.17) is 0 Å². The number of H-pyrrole nitrogens is 1. The number of thiazole rings is 1. The predicted octanol–water partition coefficient (Wildman–Crippen LogP) is 2.42. The number of hydrogen-bond acceptors (Lipinski definition) is 4. The van der Waals surface area contributed by atoms with Crippen molar-refractivity contribution in [3.63, 3.8) is 0 Å². The summed E-state index contributed by atoms with van der Waals surface area (Å²) in [6.07, 6.45) is 2.84. The summed E-state index contributed by atoms with van der Waals surface area (Å²) in [4.78, 5) is 19.6. The fraction of sp³-hybridized carbons (Fsp3) is 0.500. The van der Waals surface area contributed by atoms with Crippen molar-refractivity contribution in [3.8, 4) is 0 Å². The van der Waals surface area contributed by atoms with E-state index >= 15 is 0 Å². The molecule has 1 saturated heterocycles. The molecule has 20 heavy (non-hydrogen) atoms. The summed E-state index contributed by atoms with van der Waals surface area (Å²) in [5.74, 6) is 0.489. The molecule has 1 N–H and O–H groups in total. The number of carbonyl (C=O) groups excluding carboxylic acids is 1. The van der Waals surface area contributed by atoms with Gasteiger partial charge in [-0.1, -0.05) is 0 Å². The van der Waals surface area contributed by atoms with E-state index in [1.54, 1.807) is 0 Å². The molecule has 0 aliphatic carbocycles. The maximum absolute atomic E-state index is 12.6. The molecular weight excluding hydrogens is 272 g/mol. The lowest BCUT2D eigenvalue weighted by Gasteiger charge is -2.15. The SMILES string of the molecule is Cc1nc(C)c(C(=O)N2CCC(c3[nH]ncc3C)C2)s1. The van der Waals surface area contributed by atoms with Crippen LogP contribution in [0.2, 0.25) is 0 Å². The number of aromatic nitrogens is 3. The summed E-state index contributed by atoms with van der Waals surface area (Å²) >= 11 is 1.49. The topological polar surface area (TPSA) is 61.9 Å². The standard InChI is InChI=1S/C14H18N4OS/c1-8-6-15-17-12(8)11-4-5-18(7-11)14(19)13-9(2)16-10(3)20-13/h6,11H,4-5,7H2,1-3H3,(H,15,17). The van der Waals surface area contributed by atoms with Gasteiger partial charge in [-0.2, -0.15) is 5.10 Å². The van der Waals surface area contributed by atoms with Gasteiger partial charge in [0.1, 0.15) is 4.88 Å². The summed E-state index contributed by atoms with van der Waals surface area (Å²) in [5.41, 5.74) is 3.19. The zero-order valence-corrected chi connectivity index (χ0v) is 12.8. The third kappa shape index (κ3) is 2.24. The lowest BCUT2D eigenvalue weighted by Crippen LogP contribution is -2.28. The molecule has 1 aliphatic rings. The van der Waals surface area contributed by atoms with Gasteiger partial charge in [0.25, 0.3) is 5.91 Å². The highest BCUT2D eigenvalue weighted by Crippen LogP contribution is 2.30. The van der Waals surface area contributed by atoms with Crippen LogP contribution in [0.1, 0.15) is 44.0 Å². The largest absolute Gasteiger partial charge is 0.337 e. The van der Waals surface area contributed by atoms with Crippen molar-refractivity contribution in [2.75, 3.05) is 13.1 Å². The molecule has 0 radical (unpaired) electrons. The third-order valence-electron chi connectivity index (χ3n) is 3.85. The quantitative estimate of drug-likeness (QED) is 0.924. The van der Waals surface area contributed by atoms with Gasteiger partial charge >= 0.3 is 0 Å². The second-order valence-electron chi connectivity index (χ2n) is 5.35. The van der Waals surface area contributed by atoms with Crippen molar-refractivity contribution >= 4 is 17.2 Å². The highest BCUT2D eigenvalue weighted by Gasteiger charge is 2.31. The van der Waals surface area contributed by atoms with E-state index < -0.39 is 0 Å². The monoisotopic (exact) mass is 290 g/mol. The fourth-order valence-electron chi connectivity index (χ4n) is 2.82. The maximum atomic E-state index is 12.6. The molecule has 3 rings (SSSR count). The summed E-state index contributed by atoms with van der Waals surface area (Å²) in [6.45, 7) is 7.47. The highest BCUT2D eigenvalue weighted by molar-refractivity contribution is 7.13. The minimum absolute atomic E-state index is 0.118. The molecule has 2 aromatic rings. The zero-order chi connectivity index (χ0) is 14.3. The average Bonchev–Trinajstić information content (AvgIpc) is 3.08. The molecule has 0 bridgehead atoms. The van der Waals surface area contributed by atoms with Crippen LogP contribution in [-0.4, -0.2) is 39.1 Å². The van der Waals surface area contributed by atoms with Gasteiger partial charge in [-0.15, -0.1) is 11.3 Å². The van der Waals surface area contributed by atoms with Gasteiger partial charge in [0.2, 0.25) is 0 Å². The molecule has 1 atom stereocenters. The van der Waals surface area contributed by atoms with Crippen molar-refractivity contribution < 1.29 is 4.79 Å². The van der Waals surface area contributed by atoms with E-state index in [2.05, 4.69) is 22.1 Å². The van der Waals surface area contributed by atoms with Crippen molar-refractivity contribution in [3.05, 3.63) is 33.0 Å². The number of amides is 1. The lowest BCUT2D eigenvalue weighted by molar-refractivity contribution is 0.0794. The van der Waals surface area contributed by atoms with Gasteiger partial charge in [0.05, 0.1) is 16.9 Å². The Morgan fingerprint density at radius 3 is 2.85 bits per heavy atom. The number of nitrogens with zero attached hydrogens (tertiary/aromatic N) is 3. The van der Waals surface area contributed by atoms with Gasteiger partial charge in [-0.05, 0) is 32.8 Å². The Hall–Kier alpha value is -1.69. The first-order valence-electron chi connectivity index (χ1n) is 6.79. The minimum Gasteiger partial charge on any atom is -0.337 e. The van der Waals surface area contributed by atoms with Crippen molar-refractivity contribution in [2.45, 2.75) is 33.1 Å². The Morgan fingerprint density at radius 1 is 1.45 bits per heavy atom. The highest BCUT2D eigenvalue weighted by atomic mass is 32.1. The summed E-state index contributed by atoms with van der Waals surface area (Å²) < 4.78 is 0. The van der Waals surface area contributed by atoms with Gasteiger partial charge in [0, 0.05) is 24.7 Å². The molecule has 6 heteroatoms. The molecule has 2 aromatic heterocycles. The van der Waals surface area contributed by atoms with Crippen LogP contribution in [0.15, 0.2) is 6.20 Å². The Kier molecular flexibility index (Phi) is 3.33. The van der Waals surface area contributed by atoms with E-state index in [-0.39, 0.29) is 5.91 Å². The van der Waals surface area contributed by atoms with E-state index in [1.165, 1.54) is 16.9 Å². The van der Waals surface area contributed by atoms with Crippen molar-refractivity contribution in [1.29, 1.82) is 0 Å². The third-order valence-corrected chi connectivity index (χ3v) is 4.91. The van der Waals surface area contributed by atoms with Crippen LogP contribution >= 0.6 is 11.3 Å². The number of carbonyl (C=O) groups is 1. The van der Waals surface area contributed by atoms with Crippen molar-refractivity contribution in [2.24, 2.45) is 0 Å². The number of likely N-dealkylation sites (tertiary alicyclic amines) is 1. The van der Waals surface area contributed by atoms with Crippen LogP contribution in [0.3, 0.4) is 0 Å². The van der Waals surface area contributed by atoms with E-state index in [0.29, 0.717) is 5.92 Å². The number of nitrogens with one attached hydrogen (secondary N) is 1. The molecule has 1 unspecified atom stereocenters. The summed E-state index contributed by atoms with van der Waals surface area (Å²) in [5, 5.41) is 8.09. The van der Waals surface area contributed by atoms with Crippen LogP contribution in [0, 0.1) is 20.8 Å². The van der Waals surface area contributed by atoms with Crippen LogP contribution in [0.4, 0.5) is 0 Å². The molecule has 0 saturated carbocycles. The first-order valence-corrected chi connectivity index (χ1v) is 7.61. The zero-order valence-electron chi connectivity index (χ0n) is 11.9. The van der Waals surface area contributed by atoms with Gasteiger partial charge in [-0.25, -0.2) is 4.98 Å². The predicted molar refractivity (Wildman–Crippen MR) is 78.2 cm³/mol. The van der Waals surface area contributed by atoms with E-state index in [9.17, 15) is 4.79 Å². The molecule has 0 spiro atoms. The maximum Gasteiger partial charge on any atom is 0.265 e. The number of hydrogen-bond donors (Lipinski definition) is 1. The minimum atomic E-state index is 0.118. The normalized spacial score (nSPS) is 18.8. The smallest absolute Gasteiger partial charge is 0.265 e. The summed E-state index contributed by atoms with van der Waals surface area (Å²) in [6, 6.07) is 0. The first-order chi connectivity index (χ1) is 9.56. The second-order valence-corrected chi connectivity index (χ2v) is 6.55. The van der Waals surface area contributed by atoms with E-state index in [1.807, 2.05) is 24.9 Å². The Labute approximate surface area is 122 Å². The van der Waals surface area contributed by atoms with Crippen LogP contribution < -0.4 is 0 Å². The van der Waals surface area contributed by atoms with Crippen LogP contribution in [0.25, 0.3) is 0 Å². The van der Waals surface area contributed by atoms with E-state index in [0.717, 1.165) is 40.8 Å². The molecule has 5 nitrogen and oxygen atoms in total. The Balaban J connectivity index is 1.76. The Morgan fingerprint density at radius 2 is 2.25 bits per heavy atom. The van der Waals surface area contributed by atoms with Gasteiger partial charge in [0.15, 0.2) is 0 Å². The molecule has 106 valence electrons. The fourth-order valence-corrected chi connectivity index (χ4v) is 3.71. The molecule has 3 heterocycles. The number of rotatable bonds is 2. The van der Waals surface area contributed by atoms with Crippen molar-refractivity contribution in [1.82, 2.24) is 20.1 Å². The number of aromatic amines is 1. The molecule has 0 aromatic carbocycles. The Bertz CT molecular complexity index is 645. The average molecular weight is 290 g/mol. The molecular formula is C14H18N4OS. The second kappa shape index (κ2) is 5.01. The molecule has 1 aliphatic heterocycles. The summed E-state index contributed by atoms with van der Waals surface area (Å²) in [7, 11) is 0. The van der Waals surface area contributed by atoms with Crippen LogP contribution in [0.5, 0.6) is 0 Å². The van der Waals surface area contributed by atoms with Gasteiger partial charge < -0.3 is 4.90 Å².